The van der Waals surface area contributed by atoms with E-state index in [2.05, 4.69) is 34.5 Å². The number of rotatable bonds is 2. The summed E-state index contributed by atoms with van der Waals surface area (Å²) < 4.78 is 5.40. The number of hydrogen-bond acceptors (Lipinski definition) is 4. The first kappa shape index (κ1) is 11.4. The van der Waals surface area contributed by atoms with Crippen LogP contribution in [0.25, 0.3) is 11.4 Å². The summed E-state index contributed by atoms with van der Waals surface area (Å²) in [6, 6.07) is 8.20. The third-order valence-electron chi connectivity index (χ3n) is 3.44. The van der Waals surface area contributed by atoms with Crippen LogP contribution in [0, 0.1) is 6.92 Å². The maximum absolute atomic E-state index is 5.40. The van der Waals surface area contributed by atoms with Gasteiger partial charge in [0.2, 0.25) is 11.7 Å². The zero-order valence-corrected chi connectivity index (χ0v) is 10.5. The molecule has 94 valence electrons. The standard InChI is InChI=1S/C14H17N3O/c1-10-2-4-11(5-3-10)13-16-14(18-17-13)12-6-8-15-9-7-12/h2-5,12,15H,6-9H2,1H3. The van der Waals surface area contributed by atoms with E-state index in [1.807, 2.05) is 12.1 Å². The highest BCUT2D eigenvalue weighted by atomic mass is 16.5. The second-order valence-electron chi connectivity index (χ2n) is 4.85. The summed E-state index contributed by atoms with van der Waals surface area (Å²) in [5.74, 6) is 1.90. The maximum Gasteiger partial charge on any atom is 0.230 e. The molecule has 0 aliphatic carbocycles. The zero-order chi connectivity index (χ0) is 12.4. The van der Waals surface area contributed by atoms with E-state index < -0.39 is 0 Å². The number of piperidine rings is 1. The van der Waals surface area contributed by atoms with Gasteiger partial charge in [-0.15, -0.1) is 0 Å². The number of hydrogen-bond donors (Lipinski definition) is 1. The lowest BCUT2D eigenvalue weighted by Gasteiger charge is -2.18. The Labute approximate surface area is 106 Å². The highest BCUT2D eigenvalue weighted by Gasteiger charge is 2.21. The number of aromatic nitrogens is 2. The molecule has 0 bridgehead atoms. The first-order chi connectivity index (χ1) is 8.83. The average Bonchev–Trinajstić information content (AvgIpc) is 2.90. The van der Waals surface area contributed by atoms with E-state index in [1.165, 1.54) is 5.56 Å². The topological polar surface area (TPSA) is 51.0 Å². The fraction of sp³-hybridized carbons (Fsp3) is 0.429. The van der Waals surface area contributed by atoms with E-state index >= 15 is 0 Å². The zero-order valence-electron chi connectivity index (χ0n) is 10.5. The van der Waals surface area contributed by atoms with E-state index in [0.29, 0.717) is 11.7 Å². The molecule has 2 aromatic rings. The number of benzene rings is 1. The van der Waals surface area contributed by atoms with Gasteiger partial charge in [-0.2, -0.15) is 4.98 Å². The highest BCUT2D eigenvalue weighted by molar-refractivity contribution is 5.54. The molecule has 1 aliphatic heterocycles. The second-order valence-corrected chi connectivity index (χ2v) is 4.85. The summed E-state index contributed by atoms with van der Waals surface area (Å²) >= 11 is 0. The lowest BCUT2D eigenvalue weighted by atomic mass is 9.98. The van der Waals surface area contributed by atoms with Gasteiger partial charge in [0.1, 0.15) is 0 Å². The molecule has 4 heteroatoms. The SMILES string of the molecule is Cc1ccc(-c2noc(C3CCNCC3)n2)cc1. The Kier molecular flexibility index (Phi) is 3.11. The van der Waals surface area contributed by atoms with Crippen molar-refractivity contribution >= 4 is 0 Å². The first-order valence-electron chi connectivity index (χ1n) is 6.44. The summed E-state index contributed by atoms with van der Waals surface area (Å²) in [6.07, 6.45) is 2.16. The van der Waals surface area contributed by atoms with Crippen LogP contribution in [-0.2, 0) is 0 Å². The van der Waals surface area contributed by atoms with Crippen molar-refractivity contribution in [2.75, 3.05) is 13.1 Å². The Morgan fingerprint density at radius 2 is 1.89 bits per heavy atom. The van der Waals surface area contributed by atoms with Crippen molar-refractivity contribution in [1.29, 1.82) is 0 Å². The maximum atomic E-state index is 5.40. The van der Waals surface area contributed by atoms with Crippen LogP contribution in [0.15, 0.2) is 28.8 Å². The predicted molar refractivity (Wildman–Crippen MR) is 69.3 cm³/mol. The van der Waals surface area contributed by atoms with Gasteiger partial charge in [0.05, 0.1) is 0 Å². The van der Waals surface area contributed by atoms with Crippen LogP contribution in [0.4, 0.5) is 0 Å². The third-order valence-corrected chi connectivity index (χ3v) is 3.44. The molecule has 4 nitrogen and oxygen atoms in total. The molecular weight excluding hydrogens is 226 g/mol. The van der Waals surface area contributed by atoms with Crippen LogP contribution in [0.5, 0.6) is 0 Å². The lowest BCUT2D eigenvalue weighted by Crippen LogP contribution is -2.26. The molecule has 2 heterocycles. The van der Waals surface area contributed by atoms with Gasteiger partial charge in [0.25, 0.3) is 0 Å². The monoisotopic (exact) mass is 243 g/mol. The molecule has 18 heavy (non-hydrogen) atoms. The minimum absolute atomic E-state index is 0.415. The van der Waals surface area contributed by atoms with Crippen molar-refractivity contribution in [2.24, 2.45) is 0 Å². The van der Waals surface area contributed by atoms with Crippen molar-refractivity contribution in [2.45, 2.75) is 25.7 Å². The summed E-state index contributed by atoms with van der Waals surface area (Å²) in [6.45, 7) is 4.14. The molecule has 0 radical (unpaired) electrons. The van der Waals surface area contributed by atoms with E-state index in [0.717, 1.165) is 37.4 Å². The lowest BCUT2D eigenvalue weighted by molar-refractivity contribution is 0.320. The molecule has 1 aromatic heterocycles. The normalized spacial score (nSPS) is 16.9. The van der Waals surface area contributed by atoms with Gasteiger partial charge in [-0.1, -0.05) is 35.0 Å². The van der Waals surface area contributed by atoms with Crippen LogP contribution in [0.3, 0.4) is 0 Å². The fourth-order valence-corrected chi connectivity index (χ4v) is 2.29. The Bertz CT molecular complexity index is 512. The van der Waals surface area contributed by atoms with Crippen LogP contribution < -0.4 is 5.32 Å². The molecule has 3 rings (SSSR count). The minimum Gasteiger partial charge on any atom is -0.339 e. The van der Waals surface area contributed by atoms with Gasteiger partial charge in [-0.3, -0.25) is 0 Å². The van der Waals surface area contributed by atoms with Gasteiger partial charge >= 0.3 is 0 Å². The van der Waals surface area contributed by atoms with Crippen molar-refractivity contribution in [1.82, 2.24) is 15.5 Å². The third kappa shape index (κ3) is 2.29. The largest absolute Gasteiger partial charge is 0.339 e. The quantitative estimate of drug-likeness (QED) is 0.880. The van der Waals surface area contributed by atoms with E-state index in [1.54, 1.807) is 0 Å². The van der Waals surface area contributed by atoms with Crippen LogP contribution in [0.1, 0.15) is 30.2 Å². The molecule has 0 atom stereocenters. The molecule has 1 saturated heterocycles. The van der Waals surface area contributed by atoms with Crippen molar-refractivity contribution in [3.63, 3.8) is 0 Å². The summed E-state index contributed by atoms with van der Waals surface area (Å²) in [5, 5.41) is 7.42. The number of nitrogens with one attached hydrogen (secondary N) is 1. The summed E-state index contributed by atoms with van der Waals surface area (Å²) in [4.78, 5) is 4.53. The average molecular weight is 243 g/mol. The van der Waals surface area contributed by atoms with Gasteiger partial charge in [0.15, 0.2) is 0 Å². The Morgan fingerprint density at radius 3 is 2.61 bits per heavy atom. The molecule has 0 amide bonds. The predicted octanol–water partition coefficient (Wildman–Crippen LogP) is 2.51. The molecular formula is C14H17N3O. The first-order valence-corrected chi connectivity index (χ1v) is 6.44. The minimum atomic E-state index is 0.415. The second kappa shape index (κ2) is 4.90. The Balaban J connectivity index is 1.82. The van der Waals surface area contributed by atoms with Crippen molar-refractivity contribution < 1.29 is 4.52 Å². The van der Waals surface area contributed by atoms with Gasteiger partial charge < -0.3 is 9.84 Å². The molecule has 0 saturated carbocycles. The smallest absolute Gasteiger partial charge is 0.230 e. The summed E-state index contributed by atoms with van der Waals surface area (Å²) in [7, 11) is 0. The van der Waals surface area contributed by atoms with Crippen LogP contribution in [-0.4, -0.2) is 23.2 Å². The van der Waals surface area contributed by atoms with Crippen molar-refractivity contribution in [3.05, 3.63) is 35.7 Å². The van der Waals surface area contributed by atoms with Crippen molar-refractivity contribution in [3.8, 4) is 11.4 Å². The molecule has 1 N–H and O–H groups in total. The van der Waals surface area contributed by atoms with Crippen LogP contribution in [0.2, 0.25) is 0 Å². The Hall–Kier alpha value is -1.68. The highest BCUT2D eigenvalue weighted by Crippen LogP contribution is 2.25. The van der Waals surface area contributed by atoms with Crippen LogP contribution >= 0.6 is 0 Å². The summed E-state index contributed by atoms with van der Waals surface area (Å²) in [5.41, 5.74) is 2.25. The molecule has 0 spiro atoms. The molecule has 1 aromatic carbocycles. The van der Waals surface area contributed by atoms with E-state index in [-0.39, 0.29) is 0 Å². The van der Waals surface area contributed by atoms with E-state index in [9.17, 15) is 0 Å². The molecule has 0 unspecified atom stereocenters. The Morgan fingerprint density at radius 1 is 1.17 bits per heavy atom. The van der Waals surface area contributed by atoms with E-state index in [4.69, 9.17) is 4.52 Å². The van der Waals surface area contributed by atoms with Gasteiger partial charge in [-0.05, 0) is 32.9 Å². The van der Waals surface area contributed by atoms with Gasteiger partial charge in [0, 0.05) is 11.5 Å². The molecule has 1 fully saturated rings. The van der Waals surface area contributed by atoms with Gasteiger partial charge in [-0.25, -0.2) is 0 Å². The number of nitrogens with zero attached hydrogens (tertiary/aromatic N) is 2. The molecule has 1 aliphatic rings. The number of aryl methyl sites for hydroxylation is 1. The fourth-order valence-electron chi connectivity index (χ4n) is 2.29.